The van der Waals surface area contributed by atoms with Gasteiger partial charge in [-0.1, -0.05) is 6.07 Å². The van der Waals surface area contributed by atoms with Gasteiger partial charge in [-0.2, -0.15) is 9.65 Å². The minimum Gasteiger partial charge on any atom is -0.486 e. The standard InChI is InChI=1S/C14H8F3NO/c15-11-5-9(7-18)4-10(6-11)8-19-13-3-1-2-12(16)14(13)17/h1-6H,8H2. The first-order valence-electron chi connectivity index (χ1n) is 5.36. The second-order valence-electron chi connectivity index (χ2n) is 3.80. The molecule has 0 saturated heterocycles. The predicted octanol–water partition coefficient (Wildman–Crippen LogP) is 3.55. The van der Waals surface area contributed by atoms with E-state index in [9.17, 15) is 13.2 Å². The molecule has 0 unspecified atom stereocenters. The van der Waals surface area contributed by atoms with E-state index in [2.05, 4.69) is 0 Å². The van der Waals surface area contributed by atoms with Crippen molar-refractivity contribution in [3.8, 4) is 11.8 Å². The third-order valence-corrected chi connectivity index (χ3v) is 2.40. The number of nitriles is 1. The zero-order valence-electron chi connectivity index (χ0n) is 9.66. The first-order chi connectivity index (χ1) is 9.10. The van der Waals surface area contributed by atoms with E-state index in [1.54, 1.807) is 6.07 Å². The highest BCUT2D eigenvalue weighted by Gasteiger charge is 2.09. The Bertz CT molecular complexity index is 650. The summed E-state index contributed by atoms with van der Waals surface area (Å²) in [4.78, 5) is 0. The van der Waals surface area contributed by atoms with Gasteiger partial charge in [0.05, 0.1) is 11.6 Å². The van der Waals surface area contributed by atoms with Crippen molar-refractivity contribution in [2.24, 2.45) is 0 Å². The molecule has 0 N–H and O–H groups in total. The van der Waals surface area contributed by atoms with Gasteiger partial charge < -0.3 is 4.74 Å². The van der Waals surface area contributed by atoms with Gasteiger partial charge in [0.15, 0.2) is 11.6 Å². The van der Waals surface area contributed by atoms with Gasteiger partial charge in [0, 0.05) is 0 Å². The fraction of sp³-hybridized carbons (Fsp3) is 0.0714. The number of rotatable bonds is 3. The summed E-state index contributed by atoms with van der Waals surface area (Å²) in [6.45, 7) is -0.160. The summed E-state index contributed by atoms with van der Waals surface area (Å²) in [7, 11) is 0. The van der Waals surface area contributed by atoms with Gasteiger partial charge in [-0.05, 0) is 35.9 Å². The Balaban J connectivity index is 2.17. The Labute approximate surface area is 107 Å². The lowest BCUT2D eigenvalue weighted by Gasteiger charge is -2.08. The number of hydrogen-bond acceptors (Lipinski definition) is 2. The van der Waals surface area contributed by atoms with Crippen molar-refractivity contribution < 1.29 is 17.9 Å². The first kappa shape index (κ1) is 13.0. The van der Waals surface area contributed by atoms with Gasteiger partial charge in [-0.25, -0.2) is 8.78 Å². The van der Waals surface area contributed by atoms with Crippen LogP contribution in [0.3, 0.4) is 0 Å². The molecule has 0 saturated carbocycles. The summed E-state index contributed by atoms with van der Waals surface area (Å²) in [5.74, 6) is -2.96. The van der Waals surface area contributed by atoms with Gasteiger partial charge in [0.1, 0.15) is 12.4 Å². The normalized spacial score (nSPS) is 10.0. The second kappa shape index (κ2) is 5.44. The highest BCUT2D eigenvalue weighted by Crippen LogP contribution is 2.20. The Morgan fingerprint density at radius 1 is 1.11 bits per heavy atom. The molecule has 0 aliphatic rings. The third kappa shape index (κ3) is 3.05. The van der Waals surface area contributed by atoms with Crippen molar-refractivity contribution in [1.29, 1.82) is 5.26 Å². The molecule has 0 bridgehead atoms. The topological polar surface area (TPSA) is 33.0 Å². The summed E-state index contributed by atoms with van der Waals surface area (Å²) in [5, 5.41) is 8.69. The van der Waals surface area contributed by atoms with Crippen LogP contribution in [-0.4, -0.2) is 0 Å². The Kier molecular flexibility index (Phi) is 3.71. The maximum Gasteiger partial charge on any atom is 0.200 e. The average Bonchev–Trinajstić information content (AvgIpc) is 2.40. The van der Waals surface area contributed by atoms with Crippen molar-refractivity contribution in [2.45, 2.75) is 6.61 Å². The highest BCUT2D eigenvalue weighted by atomic mass is 19.2. The maximum atomic E-state index is 13.3. The summed E-state index contributed by atoms with van der Waals surface area (Å²) in [5.41, 5.74) is 0.499. The van der Waals surface area contributed by atoms with Crippen LogP contribution in [0.25, 0.3) is 0 Å². The van der Waals surface area contributed by atoms with E-state index >= 15 is 0 Å². The summed E-state index contributed by atoms with van der Waals surface area (Å²) in [6, 6.07) is 9.00. The van der Waals surface area contributed by atoms with Crippen LogP contribution in [0.4, 0.5) is 13.2 Å². The molecule has 0 amide bonds. The van der Waals surface area contributed by atoms with E-state index in [4.69, 9.17) is 10.00 Å². The van der Waals surface area contributed by atoms with Gasteiger partial charge in [-0.3, -0.25) is 0 Å². The van der Waals surface area contributed by atoms with Crippen molar-refractivity contribution in [1.82, 2.24) is 0 Å². The predicted molar refractivity (Wildman–Crippen MR) is 61.8 cm³/mol. The van der Waals surface area contributed by atoms with Crippen LogP contribution in [0, 0.1) is 28.8 Å². The summed E-state index contributed by atoms with van der Waals surface area (Å²) < 4.78 is 44.4. The molecule has 0 radical (unpaired) electrons. The van der Waals surface area contributed by atoms with E-state index < -0.39 is 17.5 Å². The molecule has 0 atom stereocenters. The maximum absolute atomic E-state index is 13.3. The monoisotopic (exact) mass is 263 g/mol. The van der Waals surface area contributed by atoms with E-state index in [-0.39, 0.29) is 17.9 Å². The SMILES string of the molecule is N#Cc1cc(F)cc(COc2cccc(F)c2F)c1. The fourth-order valence-electron chi connectivity index (χ4n) is 1.55. The Morgan fingerprint density at radius 2 is 1.89 bits per heavy atom. The molecule has 0 aromatic heterocycles. The molecule has 96 valence electrons. The zero-order valence-corrected chi connectivity index (χ0v) is 9.66. The van der Waals surface area contributed by atoms with Crippen molar-refractivity contribution in [3.05, 3.63) is 65.0 Å². The van der Waals surface area contributed by atoms with Gasteiger partial charge in [0.25, 0.3) is 0 Å². The van der Waals surface area contributed by atoms with Crippen LogP contribution < -0.4 is 4.74 Å². The number of halogens is 3. The molecule has 19 heavy (non-hydrogen) atoms. The average molecular weight is 263 g/mol. The van der Waals surface area contributed by atoms with Crippen LogP contribution in [0.15, 0.2) is 36.4 Å². The lowest BCUT2D eigenvalue weighted by molar-refractivity contribution is 0.284. The largest absolute Gasteiger partial charge is 0.486 e. The molecular formula is C14H8F3NO. The molecule has 5 heteroatoms. The van der Waals surface area contributed by atoms with Crippen molar-refractivity contribution in [2.75, 3.05) is 0 Å². The van der Waals surface area contributed by atoms with Gasteiger partial charge in [-0.15, -0.1) is 0 Å². The third-order valence-electron chi connectivity index (χ3n) is 2.40. The van der Waals surface area contributed by atoms with E-state index in [1.807, 2.05) is 0 Å². The molecule has 0 spiro atoms. The Hall–Kier alpha value is -2.48. The van der Waals surface area contributed by atoms with Crippen LogP contribution >= 0.6 is 0 Å². The van der Waals surface area contributed by atoms with Crippen molar-refractivity contribution >= 4 is 0 Å². The molecule has 2 nitrogen and oxygen atoms in total. The lowest BCUT2D eigenvalue weighted by atomic mass is 10.1. The van der Waals surface area contributed by atoms with Crippen LogP contribution in [0.2, 0.25) is 0 Å². The summed E-state index contributed by atoms with van der Waals surface area (Å²) >= 11 is 0. The van der Waals surface area contributed by atoms with E-state index in [1.165, 1.54) is 18.2 Å². The van der Waals surface area contributed by atoms with Gasteiger partial charge >= 0.3 is 0 Å². The van der Waals surface area contributed by atoms with E-state index in [0.717, 1.165) is 18.2 Å². The smallest absolute Gasteiger partial charge is 0.200 e. The molecule has 0 aliphatic heterocycles. The molecule has 2 aromatic carbocycles. The molecule has 0 fully saturated rings. The quantitative estimate of drug-likeness (QED) is 0.848. The Morgan fingerprint density at radius 3 is 2.63 bits per heavy atom. The van der Waals surface area contributed by atoms with Crippen molar-refractivity contribution in [3.63, 3.8) is 0 Å². The molecular weight excluding hydrogens is 255 g/mol. The van der Waals surface area contributed by atoms with Crippen LogP contribution in [0.5, 0.6) is 5.75 Å². The molecule has 2 rings (SSSR count). The number of nitrogens with zero attached hydrogens (tertiary/aromatic N) is 1. The number of hydrogen-bond donors (Lipinski definition) is 0. The molecule has 0 aliphatic carbocycles. The van der Waals surface area contributed by atoms with Crippen LogP contribution in [-0.2, 0) is 6.61 Å². The van der Waals surface area contributed by atoms with Gasteiger partial charge in [0.2, 0.25) is 5.82 Å². The van der Waals surface area contributed by atoms with Crippen LogP contribution in [0.1, 0.15) is 11.1 Å². The number of ether oxygens (including phenoxy) is 1. The molecule has 0 heterocycles. The fourth-order valence-corrected chi connectivity index (χ4v) is 1.55. The first-order valence-corrected chi connectivity index (χ1v) is 5.36. The molecule has 2 aromatic rings. The zero-order chi connectivity index (χ0) is 13.8. The summed E-state index contributed by atoms with van der Waals surface area (Å²) in [6.07, 6.45) is 0. The second-order valence-corrected chi connectivity index (χ2v) is 3.80. The number of benzene rings is 2. The minimum atomic E-state index is -1.10. The minimum absolute atomic E-state index is 0.137. The highest BCUT2D eigenvalue weighted by molar-refractivity contribution is 5.34. The van der Waals surface area contributed by atoms with E-state index in [0.29, 0.717) is 5.56 Å². The lowest BCUT2D eigenvalue weighted by Crippen LogP contribution is -2.00.